The third-order valence-electron chi connectivity index (χ3n) is 2.35. The highest BCUT2D eigenvalue weighted by atomic mass is 16.5. The first-order chi connectivity index (χ1) is 8.20. The normalized spacial score (nSPS) is 12.9. The van der Waals surface area contributed by atoms with Crippen LogP contribution in [0, 0.1) is 0 Å². The molecule has 1 unspecified atom stereocenters. The molecule has 17 heavy (non-hydrogen) atoms. The molecule has 0 aliphatic carbocycles. The SMILES string of the molecule is COCc1noc(CC(O)c2ccnn2C)n1. The van der Waals surface area contributed by atoms with Gasteiger partial charge in [-0.05, 0) is 6.07 Å². The Morgan fingerprint density at radius 1 is 1.59 bits per heavy atom. The number of ether oxygens (including phenoxy) is 1. The average Bonchev–Trinajstić information content (AvgIpc) is 2.88. The van der Waals surface area contributed by atoms with Gasteiger partial charge in [0.05, 0.1) is 12.1 Å². The van der Waals surface area contributed by atoms with Crippen LogP contribution in [0.15, 0.2) is 16.8 Å². The van der Waals surface area contributed by atoms with Crippen molar-refractivity contribution in [2.75, 3.05) is 7.11 Å². The smallest absolute Gasteiger partial charge is 0.229 e. The van der Waals surface area contributed by atoms with E-state index in [4.69, 9.17) is 9.26 Å². The fourth-order valence-corrected chi connectivity index (χ4v) is 1.54. The van der Waals surface area contributed by atoms with Crippen LogP contribution in [0.1, 0.15) is 23.5 Å². The lowest BCUT2D eigenvalue weighted by molar-refractivity contribution is 0.155. The number of aliphatic hydroxyl groups is 1. The molecule has 2 aromatic heterocycles. The minimum absolute atomic E-state index is 0.260. The quantitative estimate of drug-likeness (QED) is 0.802. The van der Waals surface area contributed by atoms with E-state index in [0.717, 1.165) is 0 Å². The molecule has 0 spiro atoms. The number of aryl methyl sites for hydroxylation is 1. The van der Waals surface area contributed by atoms with E-state index in [-0.39, 0.29) is 6.42 Å². The molecule has 0 bridgehead atoms. The van der Waals surface area contributed by atoms with Crippen LogP contribution in [0.5, 0.6) is 0 Å². The lowest BCUT2D eigenvalue weighted by atomic mass is 10.2. The number of aromatic nitrogens is 4. The molecule has 0 aliphatic rings. The molecule has 0 aliphatic heterocycles. The maximum atomic E-state index is 9.96. The third-order valence-corrected chi connectivity index (χ3v) is 2.35. The predicted octanol–water partition coefficient (Wildman–Crippen LogP) is 0.226. The van der Waals surface area contributed by atoms with Crippen LogP contribution >= 0.6 is 0 Å². The van der Waals surface area contributed by atoms with Gasteiger partial charge in [-0.2, -0.15) is 10.1 Å². The fraction of sp³-hybridized carbons (Fsp3) is 0.500. The van der Waals surface area contributed by atoms with Crippen LogP contribution in [0.4, 0.5) is 0 Å². The Labute approximate surface area is 98.0 Å². The molecular formula is C10H14N4O3. The Morgan fingerprint density at radius 2 is 2.41 bits per heavy atom. The summed E-state index contributed by atoms with van der Waals surface area (Å²) in [7, 11) is 3.32. The van der Waals surface area contributed by atoms with Gasteiger partial charge in [-0.3, -0.25) is 4.68 Å². The summed E-state index contributed by atoms with van der Waals surface area (Å²) in [5.41, 5.74) is 0.705. The first-order valence-electron chi connectivity index (χ1n) is 5.17. The van der Waals surface area contributed by atoms with Gasteiger partial charge in [0.25, 0.3) is 0 Å². The predicted molar refractivity (Wildman–Crippen MR) is 56.9 cm³/mol. The van der Waals surface area contributed by atoms with E-state index in [1.165, 1.54) is 0 Å². The zero-order valence-electron chi connectivity index (χ0n) is 9.70. The second-order valence-electron chi connectivity index (χ2n) is 3.64. The first-order valence-corrected chi connectivity index (χ1v) is 5.17. The Bertz CT molecular complexity index is 479. The highest BCUT2D eigenvalue weighted by molar-refractivity contribution is 5.06. The molecule has 0 saturated carbocycles. The van der Waals surface area contributed by atoms with Crippen molar-refractivity contribution in [3.05, 3.63) is 29.7 Å². The van der Waals surface area contributed by atoms with Crippen molar-refractivity contribution in [3.63, 3.8) is 0 Å². The van der Waals surface area contributed by atoms with Gasteiger partial charge in [0, 0.05) is 20.4 Å². The topological polar surface area (TPSA) is 86.2 Å². The summed E-state index contributed by atoms with van der Waals surface area (Å²) in [4.78, 5) is 4.09. The first kappa shape index (κ1) is 11.7. The lowest BCUT2D eigenvalue weighted by Crippen LogP contribution is -2.08. The summed E-state index contributed by atoms with van der Waals surface area (Å²) in [6.45, 7) is 0.297. The fourth-order valence-electron chi connectivity index (χ4n) is 1.54. The number of aliphatic hydroxyl groups excluding tert-OH is 1. The Hall–Kier alpha value is -1.73. The van der Waals surface area contributed by atoms with E-state index in [2.05, 4.69) is 15.2 Å². The van der Waals surface area contributed by atoms with E-state index >= 15 is 0 Å². The van der Waals surface area contributed by atoms with E-state index < -0.39 is 6.10 Å². The van der Waals surface area contributed by atoms with Crippen LogP contribution in [0.25, 0.3) is 0 Å². The van der Waals surface area contributed by atoms with Gasteiger partial charge in [-0.15, -0.1) is 0 Å². The summed E-state index contributed by atoms with van der Waals surface area (Å²) >= 11 is 0. The van der Waals surface area contributed by atoms with E-state index in [1.807, 2.05) is 0 Å². The largest absolute Gasteiger partial charge is 0.386 e. The standard InChI is InChI=1S/C10H14N4O3/c1-14-7(3-4-11-14)8(15)5-10-12-9(6-16-2)13-17-10/h3-4,8,15H,5-6H2,1-2H3. The van der Waals surface area contributed by atoms with Crippen LogP contribution in [0.3, 0.4) is 0 Å². The Kier molecular flexibility index (Phi) is 3.50. The summed E-state index contributed by atoms with van der Waals surface area (Å²) in [5.74, 6) is 0.852. The number of rotatable bonds is 5. The Balaban J connectivity index is 2.02. The van der Waals surface area contributed by atoms with Gasteiger partial charge >= 0.3 is 0 Å². The number of methoxy groups -OCH3 is 1. The van der Waals surface area contributed by atoms with Gasteiger partial charge in [-0.25, -0.2) is 0 Å². The molecule has 0 aromatic carbocycles. The number of nitrogens with zero attached hydrogens (tertiary/aromatic N) is 4. The maximum absolute atomic E-state index is 9.96. The number of hydrogen-bond acceptors (Lipinski definition) is 6. The van der Waals surface area contributed by atoms with Crippen LogP contribution in [-0.4, -0.2) is 32.1 Å². The summed E-state index contributed by atoms with van der Waals surface area (Å²) in [6.07, 6.45) is 1.18. The molecule has 0 radical (unpaired) electrons. The van der Waals surface area contributed by atoms with Crippen LogP contribution in [0.2, 0.25) is 0 Å². The second-order valence-corrected chi connectivity index (χ2v) is 3.64. The van der Waals surface area contributed by atoms with Crippen molar-refractivity contribution in [1.82, 2.24) is 19.9 Å². The second kappa shape index (κ2) is 5.07. The molecule has 92 valence electrons. The van der Waals surface area contributed by atoms with Gasteiger partial charge in [0.2, 0.25) is 5.89 Å². The average molecular weight is 238 g/mol. The monoisotopic (exact) mass is 238 g/mol. The molecule has 0 saturated heterocycles. The number of hydrogen-bond donors (Lipinski definition) is 1. The lowest BCUT2D eigenvalue weighted by Gasteiger charge is -2.07. The minimum Gasteiger partial charge on any atom is -0.386 e. The van der Waals surface area contributed by atoms with E-state index in [9.17, 15) is 5.11 Å². The van der Waals surface area contributed by atoms with Crippen LogP contribution in [-0.2, 0) is 24.8 Å². The zero-order chi connectivity index (χ0) is 12.3. The van der Waals surface area contributed by atoms with Gasteiger partial charge in [-0.1, -0.05) is 5.16 Å². The summed E-state index contributed by atoms with van der Waals surface area (Å²) in [5, 5.41) is 17.7. The molecule has 2 rings (SSSR count). The molecule has 0 amide bonds. The summed E-state index contributed by atoms with van der Waals surface area (Å²) in [6, 6.07) is 1.75. The van der Waals surface area contributed by atoms with E-state index in [1.54, 1.807) is 31.1 Å². The van der Waals surface area contributed by atoms with Crippen molar-refractivity contribution >= 4 is 0 Å². The highest BCUT2D eigenvalue weighted by Gasteiger charge is 2.16. The molecule has 1 atom stereocenters. The van der Waals surface area contributed by atoms with Crippen molar-refractivity contribution in [2.24, 2.45) is 7.05 Å². The van der Waals surface area contributed by atoms with Crippen molar-refractivity contribution < 1.29 is 14.4 Å². The minimum atomic E-state index is -0.710. The molecule has 2 heterocycles. The van der Waals surface area contributed by atoms with Gasteiger partial charge < -0.3 is 14.4 Å². The molecular weight excluding hydrogens is 224 g/mol. The Morgan fingerprint density at radius 3 is 3.06 bits per heavy atom. The molecule has 2 aromatic rings. The van der Waals surface area contributed by atoms with Crippen LogP contribution < -0.4 is 0 Å². The molecule has 0 fully saturated rings. The third kappa shape index (κ3) is 2.69. The summed E-state index contributed by atoms with van der Waals surface area (Å²) < 4.78 is 11.5. The van der Waals surface area contributed by atoms with Crippen molar-refractivity contribution in [1.29, 1.82) is 0 Å². The zero-order valence-corrected chi connectivity index (χ0v) is 9.70. The van der Waals surface area contributed by atoms with Gasteiger partial charge in [0.15, 0.2) is 5.82 Å². The maximum Gasteiger partial charge on any atom is 0.229 e. The van der Waals surface area contributed by atoms with Gasteiger partial charge in [0.1, 0.15) is 12.7 Å². The molecule has 7 heteroatoms. The van der Waals surface area contributed by atoms with Crippen molar-refractivity contribution in [3.8, 4) is 0 Å². The van der Waals surface area contributed by atoms with Crippen molar-refractivity contribution in [2.45, 2.75) is 19.1 Å². The molecule has 1 N–H and O–H groups in total. The highest BCUT2D eigenvalue weighted by Crippen LogP contribution is 2.16. The van der Waals surface area contributed by atoms with E-state index in [0.29, 0.717) is 24.0 Å². The molecule has 7 nitrogen and oxygen atoms in total.